The zero-order valence-electron chi connectivity index (χ0n) is 9.20. The number of hydrogen-bond acceptors (Lipinski definition) is 2. The van der Waals surface area contributed by atoms with Crippen molar-refractivity contribution in [3.05, 3.63) is 28.6 Å². The van der Waals surface area contributed by atoms with Gasteiger partial charge in [-0.25, -0.2) is 0 Å². The van der Waals surface area contributed by atoms with Crippen molar-refractivity contribution >= 4 is 6.08 Å². The minimum Gasteiger partial charge on any atom is -0.349 e. The molecule has 0 spiro atoms. The molecule has 1 rings (SSSR count). The number of hydrogen-bond donors (Lipinski definition) is 0. The summed E-state index contributed by atoms with van der Waals surface area (Å²) in [6, 6.07) is 5.72. The number of rotatable bonds is 2. The molecule has 1 aromatic rings. The highest BCUT2D eigenvalue weighted by atomic mass is 15.0. The Morgan fingerprint density at radius 3 is 2.40 bits per heavy atom. The molecule has 15 heavy (non-hydrogen) atoms. The van der Waals surface area contributed by atoms with Gasteiger partial charge in [0.25, 0.3) is 0 Å². The fourth-order valence-corrected chi connectivity index (χ4v) is 1.71. The van der Waals surface area contributed by atoms with E-state index < -0.39 is 0 Å². The summed E-state index contributed by atoms with van der Waals surface area (Å²) >= 11 is 0. The Bertz CT molecular complexity index is 462. The molecule has 76 valence electrons. The molecule has 3 heteroatoms. The summed E-state index contributed by atoms with van der Waals surface area (Å²) in [7, 11) is 0. The molecule has 0 saturated carbocycles. The van der Waals surface area contributed by atoms with Crippen molar-refractivity contribution in [2.45, 2.75) is 27.3 Å². The van der Waals surface area contributed by atoms with Crippen LogP contribution in [-0.2, 0) is 6.54 Å². The number of nitrogens with zero attached hydrogens (tertiary/aromatic N) is 3. The topological polar surface area (TPSA) is 52.5 Å². The molecule has 0 N–H and O–H groups in total. The van der Waals surface area contributed by atoms with E-state index >= 15 is 0 Å². The van der Waals surface area contributed by atoms with Gasteiger partial charge in [0.15, 0.2) is 0 Å². The third-order valence-corrected chi connectivity index (χ3v) is 2.47. The average molecular weight is 199 g/mol. The van der Waals surface area contributed by atoms with Gasteiger partial charge in [0, 0.05) is 17.9 Å². The molecule has 0 atom stereocenters. The quantitative estimate of drug-likeness (QED) is 0.687. The van der Waals surface area contributed by atoms with E-state index in [1.54, 1.807) is 6.08 Å². The first kappa shape index (κ1) is 11.1. The molecule has 0 bridgehead atoms. The second-order valence-corrected chi connectivity index (χ2v) is 3.35. The lowest BCUT2D eigenvalue weighted by atomic mass is 10.2. The summed E-state index contributed by atoms with van der Waals surface area (Å²) in [5.74, 6) is 0. The molecule has 0 aliphatic heterocycles. The molecule has 1 aromatic heterocycles. The third-order valence-electron chi connectivity index (χ3n) is 2.47. The highest BCUT2D eigenvalue weighted by molar-refractivity contribution is 5.64. The summed E-state index contributed by atoms with van der Waals surface area (Å²) in [5, 5.41) is 17.3. The van der Waals surface area contributed by atoms with Crippen LogP contribution in [0.25, 0.3) is 6.08 Å². The standard InChI is InChI=1S/C12H13N3/c1-4-15-9(2)5-12(10(15)3)6-11(7-13)8-14/h5-6H,4H2,1-3H3. The molecule has 0 radical (unpaired) electrons. The zero-order chi connectivity index (χ0) is 11.4. The van der Waals surface area contributed by atoms with Crippen LogP contribution < -0.4 is 0 Å². The van der Waals surface area contributed by atoms with Crippen LogP contribution >= 0.6 is 0 Å². The van der Waals surface area contributed by atoms with Crippen molar-refractivity contribution in [2.75, 3.05) is 0 Å². The van der Waals surface area contributed by atoms with Crippen LogP contribution in [0.3, 0.4) is 0 Å². The van der Waals surface area contributed by atoms with E-state index in [4.69, 9.17) is 10.5 Å². The second kappa shape index (κ2) is 4.48. The number of nitriles is 2. The Morgan fingerprint density at radius 2 is 2.00 bits per heavy atom. The summed E-state index contributed by atoms with van der Waals surface area (Å²) in [6.07, 6.45) is 1.63. The largest absolute Gasteiger partial charge is 0.349 e. The van der Waals surface area contributed by atoms with E-state index in [2.05, 4.69) is 11.5 Å². The molecule has 1 heterocycles. The average Bonchev–Trinajstić information content (AvgIpc) is 2.50. The Morgan fingerprint density at radius 1 is 1.40 bits per heavy atom. The normalized spacial score (nSPS) is 9.13. The Hall–Kier alpha value is -2.00. The fourth-order valence-electron chi connectivity index (χ4n) is 1.71. The summed E-state index contributed by atoms with van der Waals surface area (Å²) in [5.41, 5.74) is 3.34. The molecular weight excluding hydrogens is 186 g/mol. The first-order valence-corrected chi connectivity index (χ1v) is 4.82. The van der Waals surface area contributed by atoms with Crippen LogP contribution in [0.5, 0.6) is 0 Å². The van der Waals surface area contributed by atoms with Crippen LogP contribution in [0, 0.1) is 36.5 Å². The van der Waals surface area contributed by atoms with E-state index in [1.807, 2.05) is 32.1 Å². The molecule has 0 aliphatic rings. The van der Waals surface area contributed by atoms with Crippen molar-refractivity contribution in [2.24, 2.45) is 0 Å². The fraction of sp³-hybridized carbons (Fsp3) is 0.333. The number of allylic oxidation sites excluding steroid dienone is 1. The van der Waals surface area contributed by atoms with Gasteiger partial charge >= 0.3 is 0 Å². The van der Waals surface area contributed by atoms with E-state index in [1.165, 1.54) is 0 Å². The van der Waals surface area contributed by atoms with Crippen LogP contribution in [0.1, 0.15) is 23.9 Å². The molecule has 0 fully saturated rings. The van der Waals surface area contributed by atoms with Crippen LogP contribution in [0.2, 0.25) is 0 Å². The summed E-state index contributed by atoms with van der Waals surface area (Å²) in [4.78, 5) is 0. The lowest BCUT2D eigenvalue weighted by molar-refractivity contribution is 0.718. The predicted octanol–water partition coefficient (Wildman–Crippen LogP) is 2.56. The van der Waals surface area contributed by atoms with E-state index in [0.29, 0.717) is 0 Å². The Balaban J connectivity index is 3.25. The number of aryl methyl sites for hydroxylation is 1. The molecule has 0 aliphatic carbocycles. The van der Waals surface area contributed by atoms with Crippen molar-refractivity contribution in [1.29, 1.82) is 10.5 Å². The van der Waals surface area contributed by atoms with Crippen molar-refractivity contribution in [3.8, 4) is 12.1 Å². The maximum Gasteiger partial charge on any atom is 0.130 e. The van der Waals surface area contributed by atoms with Crippen LogP contribution in [0.15, 0.2) is 11.6 Å². The summed E-state index contributed by atoms with van der Waals surface area (Å²) < 4.78 is 2.15. The maximum atomic E-state index is 8.66. The van der Waals surface area contributed by atoms with Gasteiger partial charge in [0.05, 0.1) is 0 Å². The van der Waals surface area contributed by atoms with Gasteiger partial charge in [-0.2, -0.15) is 10.5 Å². The highest BCUT2D eigenvalue weighted by Gasteiger charge is 2.06. The van der Waals surface area contributed by atoms with Gasteiger partial charge < -0.3 is 4.57 Å². The lowest BCUT2D eigenvalue weighted by Crippen LogP contribution is -1.98. The van der Waals surface area contributed by atoms with Gasteiger partial charge in [0.1, 0.15) is 17.7 Å². The monoisotopic (exact) mass is 199 g/mol. The van der Waals surface area contributed by atoms with Crippen molar-refractivity contribution < 1.29 is 0 Å². The lowest BCUT2D eigenvalue weighted by Gasteiger charge is -2.04. The van der Waals surface area contributed by atoms with E-state index in [-0.39, 0.29) is 5.57 Å². The summed E-state index contributed by atoms with van der Waals surface area (Å²) in [6.45, 7) is 6.99. The van der Waals surface area contributed by atoms with Gasteiger partial charge in [-0.3, -0.25) is 0 Å². The minimum atomic E-state index is 0.145. The predicted molar refractivity (Wildman–Crippen MR) is 58.8 cm³/mol. The van der Waals surface area contributed by atoms with Gasteiger partial charge in [-0.15, -0.1) is 0 Å². The van der Waals surface area contributed by atoms with Crippen LogP contribution in [-0.4, -0.2) is 4.57 Å². The number of aromatic nitrogens is 1. The molecule has 0 saturated heterocycles. The van der Waals surface area contributed by atoms with E-state index in [0.717, 1.165) is 23.5 Å². The smallest absolute Gasteiger partial charge is 0.130 e. The van der Waals surface area contributed by atoms with Gasteiger partial charge in [0.2, 0.25) is 0 Å². The van der Waals surface area contributed by atoms with Crippen molar-refractivity contribution in [3.63, 3.8) is 0 Å². The Labute approximate surface area is 89.9 Å². The van der Waals surface area contributed by atoms with Crippen molar-refractivity contribution in [1.82, 2.24) is 4.57 Å². The molecule has 0 amide bonds. The molecule has 3 nitrogen and oxygen atoms in total. The second-order valence-electron chi connectivity index (χ2n) is 3.35. The van der Waals surface area contributed by atoms with Crippen LogP contribution in [0.4, 0.5) is 0 Å². The molecular formula is C12H13N3. The highest BCUT2D eigenvalue weighted by Crippen LogP contribution is 2.17. The minimum absolute atomic E-state index is 0.145. The third kappa shape index (κ3) is 2.08. The van der Waals surface area contributed by atoms with Gasteiger partial charge in [-0.05, 0) is 38.5 Å². The molecule has 0 aromatic carbocycles. The maximum absolute atomic E-state index is 8.66. The van der Waals surface area contributed by atoms with Gasteiger partial charge in [-0.1, -0.05) is 0 Å². The SMILES string of the molecule is CCn1c(C)cc(C=C(C#N)C#N)c1C. The van der Waals surface area contributed by atoms with E-state index in [9.17, 15) is 0 Å². The first-order valence-electron chi connectivity index (χ1n) is 4.82. The first-order chi connectivity index (χ1) is 7.13. The zero-order valence-corrected chi connectivity index (χ0v) is 9.20. The Kier molecular flexibility index (Phi) is 3.31. The molecule has 0 unspecified atom stereocenters.